The Morgan fingerprint density at radius 1 is 1.45 bits per heavy atom. The fraction of sp³-hybridized carbons (Fsp3) is 0.636. The van der Waals surface area contributed by atoms with E-state index in [0.717, 1.165) is 12.2 Å². The maximum absolute atomic E-state index is 12.7. The Morgan fingerprint density at radius 2 is 2.10 bits per heavy atom. The topological polar surface area (TPSA) is 67.1 Å². The van der Waals surface area contributed by atoms with Crippen LogP contribution in [0, 0.1) is 0 Å². The van der Waals surface area contributed by atoms with Crippen LogP contribution in [0.4, 0.5) is 24.8 Å². The van der Waals surface area contributed by atoms with E-state index in [1.54, 1.807) is 23.7 Å². The van der Waals surface area contributed by atoms with Crippen LogP contribution < -0.4 is 16.2 Å². The molecule has 0 spiro atoms. The lowest BCUT2D eigenvalue weighted by Gasteiger charge is -2.26. The summed E-state index contributed by atoms with van der Waals surface area (Å²) >= 11 is 1.69. The Bertz CT molecular complexity index is 441. The molecule has 20 heavy (non-hydrogen) atoms. The first-order chi connectivity index (χ1) is 9.29. The highest BCUT2D eigenvalue weighted by molar-refractivity contribution is 7.98. The van der Waals surface area contributed by atoms with Gasteiger partial charge in [-0.2, -0.15) is 24.9 Å². The maximum Gasteiger partial charge on any atom is 0.451 e. The molecular formula is C11H18F3N5S. The molecule has 9 heteroatoms. The van der Waals surface area contributed by atoms with Crippen molar-refractivity contribution in [3.8, 4) is 0 Å². The van der Waals surface area contributed by atoms with Crippen LogP contribution in [0.2, 0.25) is 0 Å². The molecule has 1 atom stereocenters. The van der Waals surface area contributed by atoms with E-state index in [0.29, 0.717) is 0 Å². The highest BCUT2D eigenvalue weighted by Gasteiger charge is 2.36. The number of aromatic nitrogens is 2. The van der Waals surface area contributed by atoms with Crippen LogP contribution in [0.25, 0.3) is 0 Å². The van der Waals surface area contributed by atoms with Gasteiger partial charge in [0.25, 0.3) is 0 Å². The summed E-state index contributed by atoms with van der Waals surface area (Å²) in [6.07, 6.45) is -1.78. The zero-order chi connectivity index (χ0) is 15.3. The van der Waals surface area contributed by atoms with E-state index in [4.69, 9.17) is 5.84 Å². The molecule has 5 nitrogen and oxygen atoms in total. The summed E-state index contributed by atoms with van der Waals surface area (Å²) < 4.78 is 38.2. The molecule has 0 saturated heterocycles. The molecule has 0 fully saturated rings. The van der Waals surface area contributed by atoms with E-state index in [9.17, 15) is 13.2 Å². The first-order valence-electron chi connectivity index (χ1n) is 5.94. The van der Waals surface area contributed by atoms with Crippen LogP contribution in [0.1, 0.15) is 19.2 Å². The van der Waals surface area contributed by atoms with E-state index in [-0.39, 0.29) is 17.7 Å². The average molecular weight is 309 g/mol. The van der Waals surface area contributed by atoms with Crippen LogP contribution >= 0.6 is 11.8 Å². The molecule has 0 saturated carbocycles. The first-order valence-corrected chi connectivity index (χ1v) is 7.33. The Balaban J connectivity index is 3.04. The van der Waals surface area contributed by atoms with Crippen molar-refractivity contribution in [2.75, 3.05) is 29.4 Å². The van der Waals surface area contributed by atoms with Crippen LogP contribution in [0.5, 0.6) is 0 Å². The summed E-state index contributed by atoms with van der Waals surface area (Å²) in [5.74, 6) is 5.00. The number of anilines is 2. The molecule has 1 heterocycles. The van der Waals surface area contributed by atoms with Crippen molar-refractivity contribution in [2.45, 2.75) is 25.6 Å². The molecule has 1 aromatic rings. The number of alkyl halides is 3. The van der Waals surface area contributed by atoms with Crippen LogP contribution in [0.3, 0.4) is 0 Å². The summed E-state index contributed by atoms with van der Waals surface area (Å²) in [6.45, 7) is 1.93. The minimum Gasteiger partial charge on any atom is -0.357 e. The molecule has 0 aliphatic carbocycles. The lowest BCUT2D eigenvalue weighted by atomic mass is 10.2. The number of hydrogen-bond acceptors (Lipinski definition) is 6. The minimum absolute atomic E-state index is 0.0593. The number of rotatable bonds is 6. The summed E-state index contributed by atoms with van der Waals surface area (Å²) in [6, 6.07) is 1.45. The van der Waals surface area contributed by atoms with Gasteiger partial charge in [-0.3, -0.25) is 0 Å². The molecule has 0 aliphatic rings. The number of thioether (sulfide) groups is 1. The van der Waals surface area contributed by atoms with E-state index in [2.05, 4.69) is 15.4 Å². The van der Waals surface area contributed by atoms with Crippen LogP contribution in [-0.4, -0.2) is 35.1 Å². The molecule has 0 amide bonds. The minimum atomic E-state index is -4.61. The number of nitrogens with zero attached hydrogens (tertiary/aromatic N) is 3. The van der Waals surface area contributed by atoms with Crippen molar-refractivity contribution in [1.82, 2.24) is 9.97 Å². The van der Waals surface area contributed by atoms with E-state index >= 15 is 0 Å². The third-order valence-electron chi connectivity index (χ3n) is 2.88. The second-order valence-electron chi connectivity index (χ2n) is 4.32. The van der Waals surface area contributed by atoms with E-state index < -0.39 is 12.0 Å². The van der Waals surface area contributed by atoms with Gasteiger partial charge >= 0.3 is 6.18 Å². The van der Waals surface area contributed by atoms with Crippen molar-refractivity contribution in [3.63, 3.8) is 0 Å². The molecule has 3 N–H and O–H groups in total. The summed E-state index contributed by atoms with van der Waals surface area (Å²) in [5, 5.41) is 0. The average Bonchev–Trinajstić information content (AvgIpc) is 2.42. The van der Waals surface area contributed by atoms with Gasteiger partial charge in [-0.05, 0) is 25.4 Å². The van der Waals surface area contributed by atoms with E-state index in [1.807, 2.05) is 13.2 Å². The molecule has 0 bridgehead atoms. The second-order valence-corrected chi connectivity index (χ2v) is 5.30. The third kappa shape index (κ3) is 4.41. The highest BCUT2D eigenvalue weighted by atomic mass is 32.2. The number of hydrogen-bond donors (Lipinski definition) is 2. The Kier molecular flexibility index (Phi) is 5.88. The molecule has 0 aliphatic heterocycles. The molecule has 1 rings (SSSR count). The predicted octanol–water partition coefficient (Wildman–Crippen LogP) is 2.36. The standard InChI is InChI=1S/C11H18F3N5S/c1-7(4-5-20-3)19(2)9-6-8(18-15)16-10(17-9)11(12,13)14/h6-7H,4-5,15H2,1-3H3,(H,16,17,18). The van der Waals surface area contributed by atoms with Crippen LogP contribution in [0.15, 0.2) is 6.07 Å². The van der Waals surface area contributed by atoms with Crippen molar-refractivity contribution in [2.24, 2.45) is 5.84 Å². The SMILES string of the molecule is CSCCC(C)N(C)c1cc(NN)nc(C(F)(F)F)n1. The fourth-order valence-corrected chi connectivity index (χ4v) is 2.10. The van der Waals surface area contributed by atoms with Gasteiger partial charge in [-0.25, -0.2) is 15.8 Å². The largest absolute Gasteiger partial charge is 0.451 e. The van der Waals surface area contributed by atoms with Crippen molar-refractivity contribution < 1.29 is 13.2 Å². The second kappa shape index (κ2) is 6.98. The smallest absolute Gasteiger partial charge is 0.357 e. The Hall–Kier alpha value is -1.22. The lowest BCUT2D eigenvalue weighted by Crippen LogP contribution is -2.31. The zero-order valence-corrected chi connectivity index (χ0v) is 12.3. The fourth-order valence-electron chi connectivity index (χ4n) is 1.52. The maximum atomic E-state index is 12.7. The predicted molar refractivity (Wildman–Crippen MR) is 75.7 cm³/mol. The van der Waals surface area contributed by atoms with Gasteiger partial charge in [-0.1, -0.05) is 0 Å². The quantitative estimate of drug-likeness (QED) is 0.621. The number of hydrazine groups is 1. The molecule has 114 valence electrons. The number of nitrogens with one attached hydrogen (secondary N) is 1. The number of halogens is 3. The van der Waals surface area contributed by atoms with Gasteiger partial charge in [0.1, 0.15) is 11.6 Å². The van der Waals surface area contributed by atoms with Gasteiger partial charge in [-0.15, -0.1) is 0 Å². The van der Waals surface area contributed by atoms with Crippen molar-refractivity contribution in [1.29, 1.82) is 0 Å². The Labute approximate surface area is 120 Å². The van der Waals surface area contributed by atoms with Gasteiger partial charge in [0.05, 0.1) is 0 Å². The zero-order valence-electron chi connectivity index (χ0n) is 11.5. The molecular weight excluding hydrogens is 291 g/mol. The normalized spacial score (nSPS) is 13.2. The van der Waals surface area contributed by atoms with Gasteiger partial charge in [0.2, 0.25) is 5.82 Å². The number of nitrogen functional groups attached to an aromatic ring is 1. The van der Waals surface area contributed by atoms with Gasteiger partial charge in [0.15, 0.2) is 0 Å². The summed E-state index contributed by atoms with van der Waals surface area (Å²) in [5.41, 5.74) is 2.13. The highest BCUT2D eigenvalue weighted by Crippen LogP contribution is 2.29. The van der Waals surface area contributed by atoms with Gasteiger partial charge in [0, 0.05) is 19.2 Å². The van der Waals surface area contributed by atoms with Gasteiger partial charge < -0.3 is 10.3 Å². The van der Waals surface area contributed by atoms with E-state index in [1.165, 1.54) is 6.07 Å². The van der Waals surface area contributed by atoms with Crippen molar-refractivity contribution in [3.05, 3.63) is 11.9 Å². The van der Waals surface area contributed by atoms with Crippen LogP contribution in [-0.2, 0) is 6.18 Å². The monoisotopic (exact) mass is 309 g/mol. The molecule has 0 aromatic carbocycles. The summed E-state index contributed by atoms with van der Waals surface area (Å²) in [7, 11) is 1.70. The first kappa shape index (κ1) is 16.8. The summed E-state index contributed by atoms with van der Waals surface area (Å²) in [4.78, 5) is 8.58. The molecule has 1 unspecified atom stereocenters. The molecule has 0 radical (unpaired) electrons. The number of nitrogens with two attached hydrogens (primary N) is 1. The Morgan fingerprint density at radius 3 is 2.60 bits per heavy atom. The van der Waals surface area contributed by atoms with Crippen molar-refractivity contribution >= 4 is 23.4 Å². The third-order valence-corrected chi connectivity index (χ3v) is 3.52. The lowest BCUT2D eigenvalue weighted by molar-refractivity contribution is -0.144. The molecule has 1 aromatic heterocycles.